The van der Waals surface area contributed by atoms with Gasteiger partial charge < -0.3 is 10.8 Å². The molecular weight excluding hydrogens is 298 g/mol. The third-order valence-corrected chi connectivity index (χ3v) is 3.82. The topological polar surface area (TPSA) is 63.3 Å². The van der Waals surface area contributed by atoms with E-state index in [2.05, 4.69) is 6.92 Å². The smallest absolute Gasteiger partial charge is 0.174 e. The number of carbonyl (C=O) groups is 1. The van der Waals surface area contributed by atoms with Crippen LogP contribution in [0.5, 0.6) is 0 Å². The monoisotopic (exact) mass is 333 g/mol. The number of hydrogen-bond acceptors (Lipinski definition) is 3. The first-order valence-corrected chi connectivity index (χ1v) is 8.79. The van der Waals surface area contributed by atoms with Crippen molar-refractivity contribution in [3.05, 3.63) is 12.2 Å². The number of nitrogens with two attached hydrogens (primary N) is 1. The van der Waals surface area contributed by atoms with Gasteiger partial charge in [0, 0.05) is 0 Å². The highest BCUT2D eigenvalue weighted by atomic mass is 35.5. The Balaban J connectivity index is 0. The van der Waals surface area contributed by atoms with Gasteiger partial charge in [0.2, 0.25) is 0 Å². The molecule has 1 atom stereocenters. The van der Waals surface area contributed by atoms with Gasteiger partial charge in [0.05, 0.1) is 12.6 Å². The molecule has 0 aliphatic heterocycles. The quantitative estimate of drug-likeness (QED) is 0.341. The average Bonchev–Trinajstić information content (AvgIpc) is 2.50. The number of carbonyl (C=O) groups excluding carboxylic acids is 1. The van der Waals surface area contributed by atoms with Gasteiger partial charge in [-0.1, -0.05) is 77.2 Å². The molecule has 0 fully saturated rings. The van der Waals surface area contributed by atoms with E-state index in [1.165, 1.54) is 70.3 Å². The van der Waals surface area contributed by atoms with Crippen molar-refractivity contribution in [2.75, 3.05) is 6.61 Å². The van der Waals surface area contributed by atoms with Gasteiger partial charge in [-0.2, -0.15) is 0 Å². The Hall–Kier alpha value is -0.380. The fraction of sp³-hybridized carbons (Fsp3) is 0.833. The summed E-state index contributed by atoms with van der Waals surface area (Å²) < 4.78 is 0. The number of aliphatic hydroxyl groups excluding tert-OH is 1. The molecule has 0 aromatic carbocycles. The molecule has 132 valence electrons. The fourth-order valence-corrected chi connectivity index (χ4v) is 2.34. The number of aliphatic hydroxyl groups is 1. The minimum absolute atomic E-state index is 0. The molecule has 3 N–H and O–H groups in total. The highest BCUT2D eigenvalue weighted by Gasteiger charge is 2.06. The third kappa shape index (κ3) is 16.0. The van der Waals surface area contributed by atoms with E-state index in [4.69, 9.17) is 10.8 Å². The summed E-state index contributed by atoms with van der Waals surface area (Å²) in [6, 6.07) is -0.751. The van der Waals surface area contributed by atoms with E-state index in [0.717, 1.165) is 12.8 Å². The lowest BCUT2D eigenvalue weighted by atomic mass is 10.1. The van der Waals surface area contributed by atoms with E-state index in [1.54, 1.807) is 0 Å². The predicted octanol–water partition coefficient (Wildman–Crippen LogP) is 4.55. The molecule has 22 heavy (non-hydrogen) atoms. The molecule has 0 saturated heterocycles. The van der Waals surface area contributed by atoms with Crippen LogP contribution in [-0.2, 0) is 4.79 Å². The zero-order chi connectivity index (χ0) is 15.8. The SMILES string of the molecule is CCCCCCCCCCCCC/C=C/C(=O)[C@@H](N)CO.Cl. The number of rotatable bonds is 15. The highest BCUT2D eigenvalue weighted by molar-refractivity contribution is 5.94. The molecule has 0 unspecified atom stereocenters. The maximum atomic E-state index is 11.3. The summed E-state index contributed by atoms with van der Waals surface area (Å²) in [6.07, 6.45) is 19.0. The van der Waals surface area contributed by atoms with E-state index in [1.807, 2.05) is 6.08 Å². The van der Waals surface area contributed by atoms with Crippen LogP contribution in [0.4, 0.5) is 0 Å². The second kappa shape index (κ2) is 18.7. The first-order valence-electron chi connectivity index (χ1n) is 8.79. The van der Waals surface area contributed by atoms with Crippen molar-refractivity contribution in [1.29, 1.82) is 0 Å². The van der Waals surface area contributed by atoms with Gasteiger partial charge in [-0.3, -0.25) is 4.79 Å². The molecule has 0 saturated carbocycles. The molecule has 0 aromatic heterocycles. The minimum Gasteiger partial charge on any atom is -0.394 e. The van der Waals surface area contributed by atoms with Crippen LogP contribution in [0.15, 0.2) is 12.2 Å². The molecule has 4 heteroatoms. The van der Waals surface area contributed by atoms with Crippen LogP contribution >= 0.6 is 12.4 Å². The Morgan fingerprint density at radius 3 is 1.86 bits per heavy atom. The van der Waals surface area contributed by atoms with Crippen molar-refractivity contribution in [2.45, 2.75) is 90.0 Å². The summed E-state index contributed by atoms with van der Waals surface area (Å²) in [5.41, 5.74) is 5.41. The molecule has 3 nitrogen and oxygen atoms in total. The van der Waals surface area contributed by atoms with Crippen molar-refractivity contribution in [2.24, 2.45) is 5.73 Å². The minimum atomic E-state index is -0.751. The summed E-state index contributed by atoms with van der Waals surface area (Å²) in [5.74, 6) is -0.180. The molecule has 0 amide bonds. The predicted molar refractivity (Wildman–Crippen MR) is 97.5 cm³/mol. The molecule has 0 radical (unpaired) electrons. The van der Waals surface area contributed by atoms with E-state index < -0.39 is 6.04 Å². The molecule has 0 heterocycles. The molecule has 0 aliphatic carbocycles. The summed E-state index contributed by atoms with van der Waals surface area (Å²) in [4.78, 5) is 11.3. The summed E-state index contributed by atoms with van der Waals surface area (Å²) in [6.45, 7) is 1.98. The van der Waals surface area contributed by atoms with Crippen molar-refractivity contribution in [3.63, 3.8) is 0 Å². The highest BCUT2D eigenvalue weighted by Crippen LogP contribution is 2.11. The van der Waals surface area contributed by atoms with Crippen LogP contribution in [0.25, 0.3) is 0 Å². The van der Waals surface area contributed by atoms with Gasteiger partial charge in [0.15, 0.2) is 5.78 Å². The summed E-state index contributed by atoms with van der Waals surface area (Å²) in [7, 11) is 0. The van der Waals surface area contributed by atoms with E-state index in [0.29, 0.717) is 0 Å². The van der Waals surface area contributed by atoms with Gasteiger partial charge in [0.1, 0.15) is 0 Å². The van der Waals surface area contributed by atoms with Crippen molar-refractivity contribution >= 4 is 18.2 Å². The zero-order valence-corrected chi connectivity index (χ0v) is 15.1. The maximum absolute atomic E-state index is 11.3. The Labute approximate surface area is 143 Å². The van der Waals surface area contributed by atoms with Gasteiger partial charge in [-0.05, 0) is 18.9 Å². The molecule has 0 aliphatic rings. The Bertz CT molecular complexity index is 270. The lowest BCUT2D eigenvalue weighted by Crippen LogP contribution is -2.32. The van der Waals surface area contributed by atoms with Crippen LogP contribution in [0.3, 0.4) is 0 Å². The second-order valence-electron chi connectivity index (χ2n) is 5.92. The van der Waals surface area contributed by atoms with E-state index in [9.17, 15) is 4.79 Å². The molecule has 0 aromatic rings. The van der Waals surface area contributed by atoms with Gasteiger partial charge >= 0.3 is 0 Å². The first-order chi connectivity index (χ1) is 10.2. The largest absolute Gasteiger partial charge is 0.394 e. The lowest BCUT2D eigenvalue weighted by Gasteiger charge is -2.02. The third-order valence-electron chi connectivity index (χ3n) is 3.82. The van der Waals surface area contributed by atoms with Gasteiger partial charge in [0.25, 0.3) is 0 Å². The van der Waals surface area contributed by atoms with Crippen LogP contribution < -0.4 is 5.73 Å². The Morgan fingerprint density at radius 2 is 1.41 bits per heavy atom. The second-order valence-corrected chi connectivity index (χ2v) is 5.92. The number of ketones is 1. The van der Waals surface area contributed by atoms with Gasteiger partial charge in [-0.25, -0.2) is 0 Å². The average molecular weight is 334 g/mol. The van der Waals surface area contributed by atoms with Crippen molar-refractivity contribution in [1.82, 2.24) is 0 Å². The van der Waals surface area contributed by atoms with Crippen molar-refractivity contribution in [3.8, 4) is 0 Å². The fourth-order valence-electron chi connectivity index (χ4n) is 2.34. The Kier molecular flexibility index (Phi) is 20.3. The Morgan fingerprint density at radius 1 is 0.955 bits per heavy atom. The zero-order valence-electron chi connectivity index (χ0n) is 14.3. The van der Waals surface area contributed by atoms with Crippen LogP contribution in [0.1, 0.15) is 84.0 Å². The molecule has 0 rings (SSSR count). The first kappa shape index (κ1) is 23.9. The summed E-state index contributed by atoms with van der Waals surface area (Å²) >= 11 is 0. The number of halogens is 1. The number of hydrogen-bond donors (Lipinski definition) is 2. The molecule has 0 bridgehead atoms. The molecular formula is C18H36ClNO2. The maximum Gasteiger partial charge on any atom is 0.174 e. The van der Waals surface area contributed by atoms with Crippen molar-refractivity contribution < 1.29 is 9.90 Å². The van der Waals surface area contributed by atoms with Crippen LogP contribution in [0.2, 0.25) is 0 Å². The van der Waals surface area contributed by atoms with E-state index >= 15 is 0 Å². The molecule has 0 spiro atoms. The summed E-state index contributed by atoms with van der Waals surface area (Å²) in [5, 5.41) is 8.73. The van der Waals surface area contributed by atoms with Crippen LogP contribution in [-0.4, -0.2) is 23.5 Å². The van der Waals surface area contributed by atoms with E-state index in [-0.39, 0.29) is 24.8 Å². The number of allylic oxidation sites excluding steroid dienone is 1. The lowest BCUT2D eigenvalue weighted by molar-refractivity contribution is -0.116. The van der Waals surface area contributed by atoms with Crippen LogP contribution in [0, 0.1) is 0 Å². The van der Waals surface area contributed by atoms with Gasteiger partial charge in [-0.15, -0.1) is 12.4 Å². The standard InChI is InChI=1S/C18H35NO2.ClH/c1-2-3-4-5-6-7-8-9-10-11-12-13-14-15-18(21)17(19)16-20;/h14-15,17,20H,2-13,16,19H2,1H3;1H/b15-14+;/t17-;/m0./s1. The number of unbranched alkanes of at least 4 members (excludes halogenated alkanes) is 11. The normalized spacial score (nSPS) is 12.3.